The fraction of sp³-hybridized carbons (Fsp3) is 0.545. The molecule has 0 unspecified atom stereocenters. The zero-order valence-corrected chi connectivity index (χ0v) is 12.8. The largest absolute Gasteiger partial charge is 0.459 e. The second-order valence-electron chi connectivity index (χ2n) is 4.04. The first-order chi connectivity index (χ1) is 8.27. The van der Waals surface area contributed by atoms with Gasteiger partial charge in [-0.2, -0.15) is 0 Å². The van der Waals surface area contributed by atoms with E-state index in [1.165, 1.54) is 16.7 Å². The summed E-state index contributed by atoms with van der Waals surface area (Å²) in [7, 11) is 1.46. The molecule has 0 atom stereocenters. The van der Waals surface area contributed by atoms with Crippen LogP contribution in [0.3, 0.4) is 0 Å². The second-order valence-corrected chi connectivity index (χ2v) is 7.51. The van der Waals surface area contributed by atoms with Crippen LogP contribution >= 0.6 is 22.0 Å². The van der Waals surface area contributed by atoms with Gasteiger partial charge < -0.3 is 4.74 Å². The van der Waals surface area contributed by atoms with Gasteiger partial charge in [0.15, 0.2) is 0 Å². The van der Waals surface area contributed by atoms with Gasteiger partial charge in [-0.3, -0.25) is 0 Å². The predicted molar refractivity (Wildman–Crippen MR) is 71.9 cm³/mol. The van der Waals surface area contributed by atoms with Gasteiger partial charge in [0.05, 0.1) is 11.7 Å². The molecule has 1 heterocycles. The van der Waals surface area contributed by atoms with Crippen molar-refractivity contribution in [1.82, 2.24) is 0 Å². The molecule has 0 aliphatic carbocycles. The highest BCUT2D eigenvalue weighted by atomic mass is 35.7. The Bertz CT molecular complexity index is 531. The van der Waals surface area contributed by atoms with E-state index < -0.39 is 15.0 Å². The van der Waals surface area contributed by atoms with Gasteiger partial charge in [-0.25, -0.2) is 13.2 Å². The van der Waals surface area contributed by atoms with E-state index in [-0.39, 0.29) is 16.6 Å². The van der Waals surface area contributed by atoms with Crippen molar-refractivity contribution in [1.29, 1.82) is 0 Å². The van der Waals surface area contributed by atoms with Crippen LogP contribution < -0.4 is 0 Å². The molecule has 4 nitrogen and oxygen atoms in total. The maximum Gasteiger partial charge on any atom is 0.340 e. The fourth-order valence-electron chi connectivity index (χ4n) is 1.47. The van der Waals surface area contributed by atoms with Gasteiger partial charge in [0.1, 0.15) is 4.90 Å². The van der Waals surface area contributed by atoms with Crippen LogP contribution in [0.25, 0.3) is 0 Å². The molecule has 102 valence electrons. The van der Waals surface area contributed by atoms with Gasteiger partial charge in [0.25, 0.3) is 9.05 Å². The summed E-state index contributed by atoms with van der Waals surface area (Å²) in [6.07, 6.45) is 1.04. The van der Waals surface area contributed by atoms with Crippen LogP contribution in [0.15, 0.2) is 10.3 Å². The lowest BCUT2D eigenvalue weighted by atomic mass is 10.2. The lowest BCUT2D eigenvalue weighted by molar-refractivity contribution is 0.0374. The first-order valence-electron chi connectivity index (χ1n) is 5.53. The predicted octanol–water partition coefficient (Wildman–Crippen LogP) is 3.19. The number of carbonyl (C=O) groups excluding carboxylic acids is 1. The average Bonchev–Trinajstić information content (AvgIpc) is 2.60. The van der Waals surface area contributed by atoms with E-state index >= 15 is 0 Å². The molecule has 1 aromatic heterocycles. The summed E-state index contributed by atoms with van der Waals surface area (Å²) in [6, 6.07) is 0. The van der Waals surface area contributed by atoms with Crippen LogP contribution in [0.1, 0.15) is 42.4 Å². The number of hydrogen-bond acceptors (Lipinski definition) is 5. The SMILES string of the molecule is CCCc1scc(C(=O)OC(C)C)c1S(=O)(=O)Cl. The van der Waals surface area contributed by atoms with E-state index in [9.17, 15) is 13.2 Å². The van der Waals surface area contributed by atoms with Gasteiger partial charge in [0.2, 0.25) is 0 Å². The van der Waals surface area contributed by atoms with Crippen LogP contribution in [-0.2, 0) is 20.2 Å². The highest BCUT2D eigenvalue weighted by molar-refractivity contribution is 8.14. The van der Waals surface area contributed by atoms with Crippen LogP contribution in [0, 0.1) is 0 Å². The quantitative estimate of drug-likeness (QED) is 0.619. The molecule has 0 saturated carbocycles. The molecule has 0 aromatic carbocycles. The summed E-state index contributed by atoms with van der Waals surface area (Å²) in [6.45, 7) is 5.33. The van der Waals surface area contributed by atoms with Crippen molar-refractivity contribution >= 4 is 37.0 Å². The fourth-order valence-corrected chi connectivity index (χ4v) is 4.48. The highest BCUT2D eigenvalue weighted by Crippen LogP contribution is 2.31. The smallest absolute Gasteiger partial charge is 0.340 e. The topological polar surface area (TPSA) is 60.4 Å². The Balaban J connectivity index is 3.25. The molecule has 0 bridgehead atoms. The standard InChI is InChI=1S/C11H15ClO4S2/c1-4-5-9-10(18(12,14)15)8(6-17-9)11(13)16-7(2)3/h6-7H,4-5H2,1-3H3. The minimum Gasteiger partial charge on any atom is -0.459 e. The first-order valence-corrected chi connectivity index (χ1v) is 8.72. The molecule has 1 aromatic rings. The number of ether oxygens (including phenoxy) is 1. The van der Waals surface area contributed by atoms with Gasteiger partial charge >= 0.3 is 5.97 Å². The molecule has 0 radical (unpaired) electrons. The summed E-state index contributed by atoms with van der Waals surface area (Å²) in [5, 5.41) is 1.49. The number of carbonyl (C=O) groups is 1. The molecular formula is C11H15ClO4S2. The van der Waals surface area contributed by atoms with E-state index in [1.54, 1.807) is 13.8 Å². The average molecular weight is 311 g/mol. The zero-order valence-electron chi connectivity index (χ0n) is 10.4. The normalized spacial score (nSPS) is 11.8. The number of esters is 1. The van der Waals surface area contributed by atoms with Gasteiger partial charge in [-0.1, -0.05) is 13.3 Å². The molecule has 0 amide bonds. The minimum atomic E-state index is -3.94. The highest BCUT2D eigenvalue weighted by Gasteiger charge is 2.27. The summed E-state index contributed by atoms with van der Waals surface area (Å²) >= 11 is 1.22. The Hall–Kier alpha value is -0.590. The molecule has 0 spiro atoms. The number of halogens is 1. The first kappa shape index (κ1) is 15.5. The lowest BCUT2D eigenvalue weighted by Crippen LogP contribution is -2.13. The molecular weight excluding hydrogens is 296 g/mol. The molecule has 1 rings (SSSR count). The van der Waals surface area contributed by atoms with E-state index in [0.717, 1.165) is 6.42 Å². The van der Waals surface area contributed by atoms with Crippen molar-refractivity contribution in [2.45, 2.75) is 44.6 Å². The van der Waals surface area contributed by atoms with E-state index in [4.69, 9.17) is 15.4 Å². The number of thiophene rings is 1. The second kappa shape index (κ2) is 6.04. The molecule has 0 aliphatic rings. The summed E-state index contributed by atoms with van der Waals surface area (Å²) in [5.74, 6) is -0.650. The van der Waals surface area contributed by atoms with Crippen LogP contribution in [0.5, 0.6) is 0 Å². The number of aryl methyl sites for hydroxylation is 1. The van der Waals surface area contributed by atoms with E-state index in [1.807, 2.05) is 6.92 Å². The molecule has 0 saturated heterocycles. The monoisotopic (exact) mass is 310 g/mol. The van der Waals surface area contributed by atoms with Crippen LogP contribution in [-0.4, -0.2) is 20.5 Å². The molecule has 0 aliphatic heterocycles. The molecule has 18 heavy (non-hydrogen) atoms. The number of hydrogen-bond donors (Lipinski definition) is 0. The van der Waals surface area contributed by atoms with Gasteiger partial charge in [0, 0.05) is 20.9 Å². The van der Waals surface area contributed by atoms with Crippen molar-refractivity contribution in [3.05, 3.63) is 15.8 Å². The molecule has 7 heteroatoms. The van der Waals surface area contributed by atoms with Gasteiger partial charge in [-0.15, -0.1) is 11.3 Å². The van der Waals surface area contributed by atoms with Crippen molar-refractivity contribution in [3.63, 3.8) is 0 Å². The Labute approximate surface area is 115 Å². The maximum absolute atomic E-state index is 11.8. The summed E-state index contributed by atoms with van der Waals surface area (Å²) < 4.78 is 28.1. The van der Waals surface area contributed by atoms with Crippen molar-refractivity contribution < 1.29 is 17.9 Å². The third-order valence-corrected chi connectivity index (χ3v) is 4.69. The van der Waals surface area contributed by atoms with Crippen LogP contribution in [0.2, 0.25) is 0 Å². The third kappa shape index (κ3) is 3.70. The Morgan fingerprint density at radius 1 is 1.50 bits per heavy atom. The van der Waals surface area contributed by atoms with Crippen LogP contribution in [0.4, 0.5) is 0 Å². The molecule has 0 fully saturated rings. The summed E-state index contributed by atoms with van der Waals surface area (Å²) in [5.41, 5.74) is 0.0344. The zero-order chi connectivity index (χ0) is 13.9. The van der Waals surface area contributed by atoms with Crippen molar-refractivity contribution in [3.8, 4) is 0 Å². The Kier molecular flexibility index (Phi) is 5.19. The Morgan fingerprint density at radius 3 is 2.56 bits per heavy atom. The van der Waals surface area contributed by atoms with Crippen molar-refractivity contribution in [2.24, 2.45) is 0 Å². The lowest BCUT2D eigenvalue weighted by Gasteiger charge is -2.08. The minimum absolute atomic E-state index is 0.0344. The number of rotatable bonds is 5. The van der Waals surface area contributed by atoms with Gasteiger partial charge in [-0.05, 0) is 20.3 Å². The molecule has 0 N–H and O–H groups in total. The summed E-state index contributed by atoms with van der Waals surface area (Å²) in [4.78, 5) is 12.3. The van der Waals surface area contributed by atoms with Crippen molar-refractivity contribution in [2.75, 3.05) is 0 Å². The Morgan fingerprint density at radius 2 is 2.11 bits per heavy atom. The van der Waals surface area contributed by atoms with E-state index in [2.05, 4.69) is 0 Å². The van der Waals surface area contributed by atoms with E-state index in [0.29, 0.717) is 11.3 Å². The maximum atomic E-state index is 11.8. The third-order valence-electron chi connectivity index (χ3n) is 2.10.